The zero-order valence-corrected chi connectivity index (χ0v) is 16.8. The largest absolute Gasteiger partial charge is 0.490 e. The van der Waals surface area contributed by atoms with Gasteiger partial charge in [0.25, 0.3) is 0 Å². The van der Waals surface area contributed by atoms with Gasteiger partial charge in [-0.25, -0.2) is 0 Å². The van der Waals surface area contributed by atoms with Gasteiger partial charge in [0.05, 0.1) is 19.8 Å². The van der Waals surface area contributed by atoms with Gasteiger partial charge >= 0.3 is 0 Å². The second kappa shape index (κ2) is 9.31. The first-order chi connectivity index (χ1) is 14.2. The van der Waals surface area contributed by atoms with Gasteiger partial charge in [0, 0.05) is 51.8 Å². The number of carbonyl (C=O) groups excluding carboxylic acids is 2. The molecule has 7 heteroatoms. The third-order valence-corrected chi connectivity index (χ3v) is 5.69. The molecule has 2 amide bonds. The summed E-state index contributed by atoms with van der Waals surface area (Å²) in [6, 6.07) is 5.73. The summed E-state index contributed by atoms with van der Waals surface area (Å²) in [5.74, 6) is 1.71. The minimum atomic E-state index is 0.00244. The number of benzene rings is 1. The normalized spacial score (nSPS) is 20.1. The van der Waals surface area contributed by atoms with E-state index in [2.05, 4.69) is 4.90 Å². The number of amides is 2. The van der Waals surface area contributed by atoms with Crippen LogP contribution in [0, 0.1) is 0 Å². The third kappa shape index (κ3) is 5.09. The Labute approximate surface area is 171 Å². The van der Waals surface area contributed by atoms with E-state index in [1.165, 1.54) is 0 Å². The van der Waals surface area contributed by atoms with Crippen molar-refractivity contribution in [3.8, 4) is 11.5 Å². The Morgan fingerprint density at radius 2 is 1.59 bits per heavy atom. The Morgan fingerprint density at radius 3 is 2.34 bits per heavy atom. The van der Waals surface area contributed by atoms with Crippen LogP contribution in [0.3, 0.4) is 0 Å². The molecule has 0 spiro atoms. The predicted molar refractivity (Wildman–Crippen MR) is 110 cm³/mol. The highest BCUT2D eigenvalue weighted by Gasteiger charge is 2.24. The van der Waals surface area contributed by atoms with Gasteiger partial charge in [0.1, 0.15) is 0 Å². The van der Waals surface area contributed by atoms with E-state index in [4.69, 9.17) is 9.47 Å². The molecule has 0 N–H and O–H groups in total. The van der Waals surface area contributed by atoms with E-state index in [0.29, 0.717) is 32.8 Å². The Balaban J connectivity index is 1.26. The molecule has 2 saturated heterocycles. The summed E-state index contributed by atoms with van der Waals surface area (Å²) in [5.41, 5.74) is 0.914. The van der Waals surface area contributed by atoms with Gasteiger partial charge in [0.15, 0.2) is 11.5 Å². The molecule has 1 aromatic carbocycles. The third-order valence-electron chi connectivity index (χ3n) is 5.69. The SMILES string of the molecule is O=C(C=Cc1ccc2c(c1)OCCCO2)N1CCN(CC(=O)N2CCCC2)CC1. The van der Waals surface area contributed by atoms with Crippen LogP contribution >= 0.6 is 0 Å². The van der Waals surface area contributed by atoms with Gasteiger partial charge in [-0.2, -0.15) is 0 Å². The number of ether oxygens (including phenoxy) is 2. The van der Waals surface area contributed by atoms with E-state index in [9.17, 15) is 9.59 Å². The lowest BCUT2D eigenvalue weighted by Gasteiger charge is -2.34. The highest BCUT2D eigenvalue weighted by atomic mass is 16.5. The Bertz CT molecular complexity index is 765. The summed E-state index contributed by atoms with van der Waals surface area (Å²) < 4.78 is 11.3. The lowest BCUT2D eigenvalue weighted by atomic mass is 10.2. The summed E-state index contributed by atoms with van der Waals surface area (Å²) in [5, 5.41) is 0. The number of nitrogens with zero attached hydrogens (tertiary/aromatic N) is 3. The van der Waals surface area contributed by atoms with Gasteiger partial charge in [-0.05, 0) is 36.6 Å². The molecule has 3 aliphatic heterocycles. The molecule has 156 valence electrons. The minimum Gasteiger partial charge on any atom is -0.490 e. The number of hydrogen-bond donors (Lipinski definition) is 0. The molecule has 0 aromatic heterocycles. The molecular formula is C22H29N3O4. The standard InChI is InChI=1S/C22H29N3O4/c26-21(7-5-18-4-6-19-20(16-18)29-15-3-14-28-19)25-12-10-23(11-13-25)17-22(27)24-8-1-2-9-24/h4-7,16H,1-3,8-15,17H2. The lowest BCUT2D eigenvalue weighted by Crippen LogP contribution is -2.51. The van der Waals surface area contributed by atoms with E-state index in [1.807, 2.05) is 34.1 Å². The van der Waals surface area contributed by atoms with Gasteiger partial charge in [-0.15, -0.1) is 0 Å². The minimum absolute atomic E-state index is 0.00244. The first kappa shape index (κ1) is 19.8. The van der Waals surface area contributed by atoms with E-state index in [-0.39, 0.29) is 11.8 Å². The number of hydrogen-bond acceptors (Lipinski definition) is 5. The fourth-order valence-corrected chi connectivity index (χ4v) is 3.94. The van der Waals surface area contributed by atoms with Crippen LogP contribution in [-0.2, 0) is 9.59 Å². The van der Waals surface area contributed by atoms with Gasteiger partial charge in [-0.1, -0.05) is 6.07 Å². The van der Waals surface area contributed by atoms with E-state index in [1.54, 1.807) is 6.08 Å². The summed E-state index contributed by atoms with van der Waals surface area (Å²) in [4.78, 5) is 30.8. The molecular weight excluding hydrogens is 370 g/mol. The van der Waals surface area contributed by atoms with Crippen molar-refractivity contribution in [1.29, 1.82) is 0 Å². The van der Waals surface area contributed by atoms with E-state index < -0.39 is 0 Å². The fourth-order valence-electron chi connectivity index (χ4n) is 3.94. The van der Waals surface area contributed by atoms with Crippen LogP contribution in [0.2, 0.25) is 0 Å². The smallest absolute Gasteiger partial charge is 0.246 e. The molecule has 4 rings (SSSR count). The molecule has 3 aliphatic rings. The van der Waals surface area contributed by atoms with Crippen molar-refractivity contribution in [2.45, 2.75) is 19.3 Å². The molecule has 1 aromatic rings. The molecule has 0 aliphatic carbocycles. The molecule has 0 unspecified atom stereocenters. The van der Waals surface area contributed by atoms with Crippen LogP contribution in [0.4, 0.5) is 0 Å². The number of fused-ring (bicyclic) bond motifs is 1. The maximum Gasteiger partial charge on any atom is 0.246 e. The molecule has 0 radical (unpaired) electrons. The van der Waals surface area contributed by atoms with Crippen molar-refractivity contribution in [2.75, 3.05) is 59.0 Å². The fraction of sp³-hybridized carbons (Fsp3) is 0.545. The zero-order valence-electron chi connectivity index (χ0n) is 16.8. The van der Waals surface area contributed by atoms with Gasteiger partial charge in [0.2, 0.25) is 11.8 Å². The predicted octanol–water partition coefficient (Wildman–Crippen LogP) is 1.63. The highest BCUT2D eigenvalue weighted by Crippen LogP contribution is 2.30. The average Bonchev–Trinajstić information content (AvgIpc) is 3.19. The summed E-state index contributed by atoms with van der Waals surface area (Å²) >= 11 is 0. The second-order valence-corrected chi connectivity index (χ2v) is 7.78. The van der Waals surface area contributed by atoms with Crippen LogP contribution in [0.1, 0.15) is 24.8 Å². The number of rotatable bonds is 4. The summed E-state index contributed by atoms with van der Waals surface area (Å²) in [6.07, 6.45) is 6.53. The Hall–Kier alpha value is -2.54. The lowest BCUT2D eigenvalue weighted by molar-refractivity contribution is -0.132. The number of likely N-dealkylation sites (tertiary alicyclic amines) is 1. The Kier molecular flexibility index (Phi) is 6.34. The van der Waals surface area contributed by atoms with E-state index >= 15 is 0 Å². The molecule has 2 fully saturated rings. The van der Waals surface area contributed by atoms with Crippen molar-refractivity contribution < 1.29 is 19.1 Å². The molecule has 0 atom stereocenters. The molecule has 0 bridgehead atoms. The first-order valence-corrected chi connectivity index (χ1v) is 10.6. The second-order valence-electron chi connectivity index (χ2n) is 7.78. The zero-order chi connectivity index (χ0) is 20.1. The van der Waals surface area contributed by atoms with E-state index in [0.717, 1.165) is 62.5 Å². The monoisotopic (exact) mass is 399 g/mol. The highest BCUT2D eigenvalue weighted by molar-refractivity contribution is 5.92. The number of carbonyl (C=O) groups is 2. The topological polar surface area (TPSA) is 62.3 Å². The Morgan fingerprint density at radius 1 is 0.862 bits per heavy atom. The van der Waals surface area contributed by atoms with Crippen molar-refractivity contribution in [3.05, 3.63) is 29.8 Å². The van der Waals surface area contributed by atoms with Crippen molar-refractivity contribution in [1.82, 2.24) is 14.7 Å². The summed E-state index contributed by atoms with van der Waals surface area (Å²) in [7, 11) is 0. The molecule has 7 nitrogen and oxygen atoms in total. The van der Waals surface area contributed by atoms with Crippen LogP contribution in [-0.4, -0.2) is 85.5 Å². The van der Waals surface area contributed by atoms with Crippen LogP contribution in [0.5, 0.6) is 11.5 Å². The van der Waals surface area contributed by atoms with Gasteiger partial charge < -0.3 is 19.3 Å². The first-order valence-electron chi connectivity index (χ1n) is 10.6. The molecule has 3 heterocycles. The maximum atomic E-state index is 12.5. The van der Waals surface area contributed by atoms with Crippen molar-refractivity contribution in [3.63, 3.8) is 0 Å². The molecule has 29 heavy (non-hydrogen) atoms. The van der Waals surface area contributed by atoms with Crippen molar-refractivity contribution >= 4 is 17.9 Å². The van der Waals surface area contributed by atoms with Gasteiger partial charge in [-0.3, -0.25) is 14.5 Å². The summed E-state index contributed by atoms with van der Waals surface area (Å²) in [6.45, 7) is 6.33. The maximum absolute atomic E-state index is 12.5. The van der Waals surface area contributed by atoms with Crippen LogP contribution in [0.25, 0.3) is 6.08 Å². The quantitative estimate of drug-likeness (QED) is 0.720. The van der Waals surface area contributed by atoms with Crippen LogP contribution in [0.15, 0.2) is 24.3 Å². The number of piperazine rings is 1. The van der Waals surface area contributed by atoms with Crippen molar-refractivity contribution in [2.24, 2.45) is 0 Å². The average molecular weight is 399 g/mol. The van der Waals surface area contributed by atoms with Crippen LogP contribution < -0.4 is 9.47 Å². The molecule has 0 saturated carbocycles.